The van der Waals surface area contributed by atoms with Crippen LogP contribution in [0.3, 0.4) is 0 Å². The van der Waals surface area contributed by atoms with Crippen molar-refractivity contribution in [2.24, 2.45) is 4.99 Å². The minimum absolute atomic E-state index is 0.570. The van der Waals surface area contributed by atoms with Crippen LogP contribution < -0.4 is 0 Å². The molecule has 2 aromatic rings. The fourth-order valence-electron chi connectivity index (χ4n) is 1.06. The summed E-state index contributed by atoms with van der Waals surface area (Å²) in [6, 6.07) is 5.20. The van der Waals surface area contributed by atoms with Gasteiger partial charge >= 0.3 is 0 Å². The van der Waals surface area contributed by atoms with Gasteiger partial charge in [0.15, 0.2) is 3.95 Å². The summed E-state index contributed by atoms with van der Waals surface area (Å²) < 4.78 is 0.594. The largest absolute Gasteiger partial charge is 0.256 e. The lowest BCUT2D eigenvalue weighted by molar-refractivity contribution is 1.07. The molecule has 0 unspecified atom stereocenters. The second kappa shape index (κ2) is 5.05. The molecular formula is C9H5Cl2N3S2. The molecule has 1 heterocycles. The first-order valence-electron chi connectivity index (χ1n) is 4.19. The van der Waals surface area contributed by atoms with E-state index in [4.69, 9.17) is 35.4 Å². The highest BCUT2D eigenvalue weighted by Gasteiger charge is 1.97. The van der Waals surface area contributed by atoms with Crippen LogP contribution in [0.4, 0.5) is 5.13 Å². The summed E-state index contributed by atoms with van der Waals surface area (Å²) in [6.07, 6.45) is 1.64. The van der Waals surface area contributed by atoms with Crippen molar-refractivity contribution in [3.05, 3.63) is 37.8 Å². The standard InChI is InChI=1S/C9H5Cl2N3S2/c10-6-1-5(2-7(11)3-6)4-12-8-13-14-9(15)16-8/h1-4H,(H,14,15). The number of H-pyrrole nitrogens is 1. The molecule has 0 aliphatic carbocycles. The molecule has 1 aromatic carbocycles. The monoisotopic (exact) mass is 289 g/mol. The van der Waals surface area contributed by atoms with E-state index in [0.29, 0.717) is 19.1 Å². The fraction of sp³-hybridized carbons (Fsp3) is 0. The molecule has 0 spiro atoms. The summed E-state index contributed by atoms with van der Waals surface area (Å²) in [6.45, 7) is 0. The predicted octanol–water partition coefficient (Wildman–Crippen LogP) is 4.26. The number of halogens is 2. The third-order valence-corrected chi connectivity index (χ3v) is 3.07. The van der Waals surface area contributed by atoms with Gasteiger partial charge in [-0.3, -0.25) is 5.10 Å². The Kier molecular flexibility index (Phi) is 3.70. The quantitative estimate of drug-likeness (QED) is 0.663. The maximum Gasteiger partial charge on any atom is 0.230 e. The van der Waals surface area contributed by atoms with Crippen LogP contribution in [0, 0.1) is 3.95 Å². The molecular weight excluding hydrogens is 285 g/mol. The number of hydrogen-bond donors (Lipinski definition) is 1. The first-order valence-corrected chi connectivity index (χ1v) is 6.17. The first kappa shape index (κ1) is 11.7. The summed E-state index contributed by atoms with van der Waals surface area (Å²) >= 11 is 17.9. The van der Waals surface area contributed by atoms with Crippen LogP contribution in [0.5, 0.6) is 0 Å². The van der Waals surface area contributed by atoms with Gasteiger partial charge in [-0.05, 0) is 36.0 Å². The molecule has 3 nitrogen and oxygen atoms in total. The molecule has 0 amide bonds. The van der Waals surface area contributed by atoms with Gasteiger partial charge < -0.3 is 0 Å². The van der Waals surface area contributed by atoms with Gasteiger partial charge in [0.2, 0.25) is 5.13 Å². The normalized spacial score (nSPS) is 11.1. The Bertz CT molecular complexity index is 568. The van der Waals surface area contributed by atoms with Gasteiger partial charge in [0.25, 0.3) is 0 Å². The average Bonchev–Trinajstić information content (AvgIpc) is 2.60. The second-order valence-electron chi connectivity index (χ2n) is 2.86. The Balaban J connectivity index is 2.26. The van der Waals surface area contributed by atoms with Gasteiger partial charge in [0, 0.05) is 16.3 Å². The van der Waals surface area contributed by atoms with Gasteiger partial charge in [0.1, 0.15) is 0 Å². The van der Waals surface area contributed by atoms with Crippen molar-refractivity contribution >= 4 is 58.1 Å². The topological polar surface area (TPSA) is 41.0 Å². The van der Waals surface area contributed by atoms with Gasteiger partial charge in [-0.25, -0.2) is 4.99 Å². The van der Waals surface area contributed by atoms with E-state index in [9.17, 15) is 0 Å². The van der Waals surface area contributed by atoms with Crippen LogP contribution in [0.2, 0.25) is 10.0 Å². The van der Waals surface area contributed by atoms with Crippen LogP contribution in [0.15, 0.2) is 23.2 Å². The number of benzene rings is 1. The molecule has 7 heteroatoms. The van der Waals surface area contributed by atoms with E-state index in [2.05, 4.69) is 15.2 Å². The molecule has 0 atom stereocenters. The summed E-state index contributed by atoms with van der Waals surface area (Å²) in [4.78, 5) is 4.15. The summed E-state index contributed by atoms with van der Waals surface area (Å²) in [7, 11) is 0. The number of nitrogens with one attached hydrogen (secondary N) is 1. The predicted molar refractivity (Wildman–Crippen MR) is 71.0 cm³/mol. The molecule has 0 aliphatic rings. The molecule has 16 heavy (non-hydrogen) atoms. The molecule has 1 N–H and O–H groups in total. The second-order valence-corrected chi connectivity index (χ2v) is 5.37. The van der Waals surface area contributed by atoms with Crippen LogP contribution in [-0.2, 0) is 0 Å². The zero-order valence-corrected chi connectivity index (χ0v) is 10.9. The van der Waals surface area contributed by atoms with E-state index in [-0.39, 0.29) is 0 Å². The zero-order valence-electron chi connectivity index (χ0n) is 7.78. The Morgan fingerprint density at radius 2 is 2.00 bits per heavy atom. The van der Waals surface area contributed by atoms with Crippen molar-refractivity contribution < 1.29 is 0 Å². The van der Waals surface area contributed by atoms with Crippen LogP contribution in [0.1, 0.15) is 5.56 Å². The minimum atomic E-state index is 0.570. The number of aliphatic imine (C=N–C) groups is 1. The van der Waals surface area contributed by atoms with E-state index in [1.807, 2.05) is 0 Å². The van der Waals surface area contributed by atoms with E-state index in [1.165, 1.54) is 11.3 Å². The van der Waals surface area contributed by atoms with E-state index >= 15 is 0 Å². The molecule has 0 radical (unpaired) electrons. The van der Waals surface area contributed by atoms with Crippen molar-refractivity contribution in [3.8, 4) is 0 Å². The molecule has 0 aliphatic heterocycles. The van der Waals surface area contributed by atoms with E-state index < -0.39 is 0 Å². The highest BCUT2D eigenvalue weighted by molar-refractivity contribution is 7.73. The van der Waals surface area contributed by atoms with Crippen molar-refractivity contribution in [1.82, 2.24) is 10.2 Å². The smallest absolute Gasteiger partial charge is 0.230 e. The Labute approximate surface area is 111 Å². The van der Waals surface area contributed by atoms with E-state index in [1.54, 1.807) is 24.4 Å². The average molecular weight is 290 g/mol. The van der Waals surface area contributed by atoms with Gasteiger partial charge in [0.05, 0.1) is 0 Å². The maximum atomic E-state index is 5.85. The molecule has 0 fully saturated rings. The number of aromatic nitrogens is 2. The lowest BCUT2D eigenvalue weighted by atomic mass is 10.2. The summed E-state index contributed by atoms with van der Waals surface area (Å²) in [5.41, 5.74) is 0.818. The molecule has 0 bridgehead atoms. The Morgan fingerprint density at radius 1 is 1.31 bits per heavy atom. The van der Waals surface area contributed by atoms with Crippen molar-refractivity contribution in [3.63, 3.8) is 0 Å². The molecule has 2 rings (SSSR count). The molecule has 82 valence electrons. The highest BCUT2D eigenvalue weighted by Crippen LogP contribution is 2.19. The number of rotatable bonds is 2. The minimum Gasteiger partial charge on any atom is -0.256 e. The van der Waals surface area contributed by atoms with Crippen LogP contribution >= 0.6 is 46.8 Å². The van der Waals surface area contributed by atoms with Crippen molar-refractivity contribution in [2.45, 2.75) is 0 Å². The lowest BCUT2D eigenvalue weighted by Crippen LogP contribution is -1.80. The SMILES string of the molecule is S=c1[nH]nc(N=Cc2cc(Cl)cc(Cl)c2)s1. The number of hydrogen-bond acceptors (Lipinski definition) is 4. The van der Waals surface area contributed by atoms with Crippen molar-refractivity contribution in [1.29, 1.82) is 0 Å². The van der Waals surface area contributed by atoms with Crippen LogP contribution in [0.25, 0.3) is 0 Å². The van der Waals surface area contributed by atoms with Gasteiger partial charge in [-0.1, -0.05) is 34.5 Å². The van der Waals surface area contributed by atoms with Gasteiger partial charge in [-0.2, -0.15) is 0 Å². The molecule has 0 saturated heterocycles. The number of aromatic amines is 1. The first-order chi connectivity index (χ1) is 7.63. The van der Waals surface area contributed by atoms with Crippen LogP contribution in [-0.4, -0.2) is 16.4 Å². The van der Waals surface area contributed by atoms with E-state index in [0.717, 1.165) is 5.56 Å². The van der Waals surface area contributed by atoms with Crippen molar-refractivity contribution in [2.75, 3.05) is 0 Å². The molecule has 1 aromatic heterocycles. The summed E-state index contributed by atoms with van der Waals surface area (Å²) in [5.74, 6) is 0. The fourth-order valence-corrected chi connectivity index (χ4v) is 2.32. The van der Waals surface area contributed by atoms with Gasteiger partial charge in [-0.15, -0.1) is 5.10 Å². The number of nitrogens with zero attached hydrogens (tertiary/aromatic N) is 2. The lowest BCUT2D eigenvalue weighted by Gasteiger charge is -1.95. The zero-order chi connectivity index (χ0) is 11.5. The Morgan fingerprint density at radius 3 is 2.56 bits per heavy atom. The highest BCUT2D eigenvalue weighted by atomic mass is 35.5. The Hall–Kier alpha value is -0.750. The third kappa shape index (κ3) is 3.12. The summed E-state index contributed by atoms with van der Waals surface area (Å²) in [5, 5.41) is 8.26. The maximum absolute atomic E-state index is 5.85. The molecule has 0 saturated carbocycles. The third-order valence-electron chi connectivity index (χ3n) is 1.64.